The highest BCUT2D eigenvalue weighted by molar-refractivity contribution is 7.89. The van der Waals surface area contributed by atoms with E-state index in [-0.39, 0.29) is 16.8 Å². The van der Waals surface area contributed by atoms with Gasteiger partial charge in [-0.25, -0.2) is 8.42 Å². The molecular formula is C25H32ClN3O5S. The number of amides is 1. The summed E-state index contributed by atoms with van der Waals surface area (Å²) in [6.07, 6.45) is 2.59. The summed E-state index contributed by atoms with van der Waals surface area (Å²) < 4.78 is 28.2. The molecular weight excluding hydrogens is 490 g/mol. The van der Waals surface area contributed by atoms with Crippen molar-refractivity contribution >= 4 is 44.3 Å². The first-order valence-corrected chi connectivity index (χ1v) is 13.9. The van der Waals surface area contributed by atoms with Gasteiger partial charge in [0.2, 0.25) is 15.9 Å². The molecule has 0 bridgehead atoms. The molecule has 10 heteroatoms. The minimum Gasteiger partial charge on any atom is -0.480 e. The van der Waals surface area contributed by atoms with Crippen molar-refractivity contribution in [1.82, 2.24) is 14.1 Å². The summed E-state index contributed by atoms with van der Waals surface area (Å²) in [5, 5.41) is 11.5. The summed E-state index contributed by atoms with van der Waals surface area (Å²) >= 11 is 6.04. The van der Waals surface area contributed by atoms with Crippen molar-refractivity contribution in [3.8, 4) is 0 Å². The second-order valence-electron chi connectivity index (χ2n) is 9.65. The summed E-state index contributed by atoms with van der Waals surface area (Å²) in [6, 6.07) is 9.15. The van der Waals surface area contributed by atoms with Crippen molar-refractivity contribution < 1.29 is 23.1 Å². The number of nitrogens with zero attached hydrogens (tertiary/aromatic N) is 3. The van der Waals surface area contributed by atoms with Crippen molar-refractivity contribution in [2.24, 2.45) is 0 Å². The summed E-state index contributed by atoms with van der Waals surface area (Å²) in [5.41, 5.74) is 0. The molecule has 2 aromatic rings. The van der Waals surface area contributed by atoms with Gasteiger partial charge in [-0.3, -0.25) is 9.59 Å². The number of carboxylic acids is 1. The molecule has 35 heavy (non-hydrogen) atoms. The van der Waals surface area contributed by atoms with E-state index in [4.69, 9.17) is 11.6 Å². The molecule has 1 atom stereocenters. The summed E-state index contributed by atoms with van der Waals surface area (Å²) in [7, 11) is -4.24. The third kappa shape index (κ3) is 5.48. The van der Waals surface area contributed by atoms with E-state index >= 15 is 0 Å². The first-order chi connectivity index (χ1) is 16.6. The van der Waals surface area contributed by atoms with Gasteiger partial charge >= 0.3 is 5.97 Å². The van der Waals surface area contributed by atoms with E-state index in [0.29, 0.717) is 35.8 Å². The Morgan fingerprint density at radius 2 is 1.74 bits per heavy atom. The molecule has 2 aromatic carbocycles. The number of likely N-dealkylation sites (tertiary alicyclic amines) is 2. The SMILES string of the molecule is CC(C)N1CCC(N2CCC[C@H](N(CC(=O)O)S(=O)(=O)c3ccc4cc(Cl)ccc4c3)C2=O)CC1. The number of benzene rings is 2. The van der Waals surface area contributed by atoms with E-state index in [1.807, 2.05) is 0 Å². The lowest BCUT2D eigenvalue weighted by molar-refractivity contribution is -0.144. The Balaban J connectivity index is 1.61. The van der Waals surface area contributed by atoms with Crippen LogP contribution in [0.15, 0.2) is 41.3 Å². The van der Waals surface area contributed by atoms with Crippen LogP contribution in [-0.2, 0) is 19.6 Å². The molecule has 2 fully saturated rings. The summed E-state index contributed by atoms with van der Waals surface area (Å²) in [4.78, 5) is 29.4. The molecule has 1 N–H and O–H groups in total. The molecule has 0 aromatic heterocycles. The number of fused-ring (bicyclic) bond motifs is 1. The van der Waals surface area contributed by atoms with E-state index in [1.54, 1.807) is 29.2 Å². The van der Waals surface area contributed by atoms with Gasteiger partial charge in [0.1, 0.15) is 12.6 Å². The Morgan fingerprint density at radius 1 is 1.09 bits per heavy atom. The molecule has 1 amide bonds. The Morgan fingerprint density at radius 3 is 2.40 bits per heavy atom. The number of sulfonamides is 1. The van der Waals surface area contributed by atoms with Gasteiger partial charge < -0.3 is 14.9 Å². The average molecular weight is 522 g/mol. The lowest BCUT2D eigenvalue weighted by atomic mass is 9.96. The van der Waals surface area contributed by atoms with Crippen LogP contribution in [0.2, 0.25) is 5.02 Å². The van der Waals surface area contributed by atoms with Crippen LogP contribution in [-0.4, -0.2) is 83.8 Å². The first-order valence-electron chi connectivity index (χ1n) is 12.1. The zero-order valence-corrected chi connectivity index (χ0v) is 21.6. The molecule has 2 heterocycles. The van der Waals surface area contributed by atoms with E-state index in [2.05, 4.69) is 18.7 Å². The normalized spacial score (nSPS) is 20.8. The van der Waals surface area contributed by atoms with E-state index < -0.39 is 28.6 Å². The number of halogens is 1. The quantitative estimate of drug-likeness (QED) is 0.599. The highest BCUT2D eigenvalue weighted by Gasteiger charge is 2.43. The smallest absolute Gasteiger partial charge is 0.318 e. The minimum atomic E-state index is -4.24. The number of hydrogen-bond donors (Lipinski definition) is 1. The second kappa shape index (κ2) is 10.4. The maximum absolute atomic E-state index is 13.7. The number of piperidine rings is 2. The zero-order valence-electron chi connectivity index (χ0n) is 20.1. The van der Waals surface area contributed by atoms with Crippen molar-refractivity contribution in [2.45, 2.75) is 62.6 Å². The lowest BCUT2D eigenvalue weighted by Gasteiger charge is -2.44. The third-order valence-electron chi connectivity index (χ3n) is 7.13. The number of carboxylic acid groups (broad SMARTS) is 1. The largest absolute Gasteiger partial charge is 0.480 e. The van der Waals surface area contributed by atoms with Gasteiger partial charge in [-0.15, -0.1) is 0 Å². The maximum atomic E-state index is 13.7. The topological polar surface area (TPSA) is 98.2 Å². The highest BCUT2D eigenvalue weighted by atomic mass is 35.5. The van der Waals surface area contributed by atoms with Crippen molar-refractivity contribution in [1.29, 1.82) is 0 Å². The van der Waals surface area contributed by atoms with Crippen molar-refractivity contribution in [3.63, 3.8) is 0 Å². The lowest BCUT2D eigenvalue weighted by Crippen LogP contribution is -2.59. The fourth-order valence-electron chi connectivity index (χ4n) is 5.21. The van der Waals surface area contributed by atoms with E-state index in [1.165, 1.54) is 12.1 Å². The van der Waals surface area contributed by atoms with Crippen molar-refractivity contribution in [2.75, 3.05) is 26.2 Å². The standard InChI is InChI=1S/C25H32ClN3O5S/c1-17(2)27-12-9-21(10-13-27)28-11-3-4-23(25(28)32)29(16-24(30)31)35(33,34)22-8-6-18-14-20(26)7-5-19(18)15-22/h5-8,14-15,17,21,23H,3-4,9-13,16H2,1-2H3,(H,30,31)/t23-/m0/s1. The first kappa shape index (κ1) is 25.9. The molecule has 0 saturated carbocycles. The van der Waals surface area contributed by atoms with Gasteiger partial charge in [-0.1, -0.05) is 23.7 Å². The fraction of sp³-hybridized carbons (Fsp3) is 0.520. The molecule has 2 aliphatic heterocycles. The van der Waals surface area contributed by atoms with Crippen LogP contribution in [0.3, 0.4) is 0 Å². The molecule has 2 aliphatic rings. The molecule has 190 valence electrons. The van der Waals surface area contributed by atoms with Gasteiger partial charge in [0.15, 0.2) is 0 Å². The van der Waals surface area contributed by atoms with Crippen molar-refractivity contribution in [3.05, 3.63) is 41.4 Å². The minimum absolute atomic E-state index is 0.0382. The molecule has 0 spiro atoms. The number of rotatable bonds is 7. The second-order valence-corrected chi connectivity index (χ2v) is 12.0. The average Bonchev–Trinajstić information content (AvgIpc) is 2.82. The predicted octanol–water partition coefficient (Wildman–Crippen LogP) is 3.43. The third-order valence-corrected chi connectivity index (χ3v) is 9.22. The van der Waals surface area contributed by atoms with Crippen LogP contribution in [0.5, 0.6) is 0 Å². The Labute approximate surface area is 211 Å². The van der Waals surface area contributed by atoms with Crippen LogP contribution < -0.4 is 0 Å². The Hall–Kier alpha value is -2.20. The van der Waals surface area contributed by atoms with Crippen LogP contribution in [0.25, 0.3) is 10.8 Å². The zero-order chi connectivity index (χ0) is 25.3. The van der Waals surface area contributed by atoms with Gasteiger partial charge in [0.25, 0.3) is 0 Å². The van der Waals surface area contributed by atoms with Gasteiger partial charge in [0, 0.05) is 36.7 Å². The van der Waals surface area contributed by atoms with Gasteiger partial charge in [-0.05, 0) is 74.6 Å². The molecule has 4 rings (SSSR count). The van der Waals surface area contributed by atoms with Crippen LogP contribution >= 0.6 is 11.6 Å². The number of aliphatic carboxylic acids is 1. The molecule has 0 unspecified atom stereocenters. The molecule has 0 aliphatic carbocycles. The van der Waals surface area contributed by atoms with Gasteiger partial charge in [-0.2, -0.15) is 4.31 Å². The molecule has 2 saturated heterocycles. The van der Waals surface area contributed by atoms with Gasteiger partial charge in [0.05, 0.1) is 4.90 Å². The number of carbonyl (C=O) groups excluding carboxylic acids is 1. The summed E-state index contributed by atoms with van der Waals surface area (Å²) in [5.74, 6) is -1.59. The Bertz CT molecular complexity index is 1210. The van der Waals surface area contributed by atoms with Crippen LogP contribution in [0, 0.1) is 0 Å². The monoisotopic (exact) mass is 521 g/mol. The van der Waals surface area contributed by atoms with E-state index in [0.717, 1.165) is 35.6 Å². The van der Waals surface area contributed by atoms with E-state index in [9.17, 15) is 23.1 Å². The van der Waals surface area contributed by atoms with Crippen LogP contribution in [0.1, 0.15) is 39.5 Å². The molecule has 8 nitrogen and oxygen atoms in total. The maximum Gasteiger partial charge on any atom is 0.318 e. The number of hydrogen-bond acceptors (Lipinski definition) is 5. The fourth-order valence-corrected chi connectivity index (χ4v) is 6.99. The highest BCUT2D eigenvalue weighted by Crippen LogP contribution is 2.30. The van der Waals surface area contributed by atoms with Crippen LogP contribution in [0.4, 0.5) is 0 Å². The molecule has 0 radical (unpaired) electrons. The summed E-state index contributed by atoms with van der Waals surface area (Å²) in [6.45, 7) is 5.87. The Kier molecular flexibility index (Phi) is 7.71. The predicted molar refractivity (Wildman–Crippen MR) is 135 cm³/mol. The number of carbonyl (C=O) groups is 2.